The first kappa shape index (κ1) is 12.4. The summed E-state index contributed by atoms with van der Waals surface area (Å²) in [6, 6.07) is 1.70. The van der Waals surface area contributed by atoms with E-state index in [0.29, 0.717) is 12.5 Å². The molecule has 0 saturated carbocycles. The van der Waals surface area contributed by atoms with Crippen LogP contribution in [0.1, 0.15) is 0 Å². The predicted molar refractivity (Wildman–Crippen MR) is 60.4 cm³/mol. The highest BCUT2D eigenvalue weighted by Gasteiger charge is 2.12. The van der Waals surface area contributed by atoms with Crippen molar-refractivity contribution in [2.24, 2.45) is 0 Å². The second-order valence-electron chi connectivity index (χ2n) is 3.67. The number of aliphatic carboxylic acids is 1. The molecule has 0 aromatic carbocycles. The maximum absolute atomic E-state index is 10.7. The maximum Gasteiger partial charge on any atom is 0.323 e. The van der Waals surface area contributed by atoms with Crippen molar-refractivity contribution in [3.05, 3.63) is 18.5 Å². The predicted octanol–water partition coefficient (Wildman–Crippen LogP) is -0.0708. The topological polar surface area (TPSA) is 69.6 Å². The zero-order chi connectivity index (χ0) is 12.0. The molecule has 0 atom stereocenters. The van der Waals surface area contributed by atoms with Gasteiger partial charge >= 0.3 is 5.97 Å². The van der Waals surface area contributed by atoms with Crippen molar-refractivity contribution in [2.45, 2.75) is 0 Å². The van der Waals surface area contributed by atoms with Gasteiger partial charge < -0.3 is 14.9 Å². The van der Waals surface area contributed by atoms with Gasteiger partial charge in [0, 0.05) is 25.5 Å². The standard InChI is InChI=1S/C10H16N4O2/c1-13(2)6-7-14(8-9(15)16)10-11-4-3-5-12-10/h3-5H,6-8H2,1-2H3,(H,15,16). The minimum atomic E-state index is -0.883. The second kappa shape index (κ2) is 6.02. The van der Waals surface area contributed by atoms with E-state index in [-0.39, 0.29) is 6.54 Å². The highest BCUT2D eigenvalue weighted by Crippen LogP contribution is 2.04. The van der Waals surface area contributed by atoms with Gasteiger partial charge in [-0.2, -0.15) is 0 Å². The number of hydrogen-bond acceptors (Lipinski definition) is 5. The fraction of sp³-hybridized carbons (Fsp3) is 0.500. The van der Waals surface area contributed by atoms with Gasteiger partial charge in [0.1, 0.15) is 6.54 Å². The Labute approximate surface area is 94.5 Å². The Balaban J connectivity index is 2.67. The van der Waals surface area contributed by atoms with Crippen LogP contribution in [0.2, 0.25) is 0 Å². The van der Waals surface area contributed by atoms with Crippen LogP contribution in [0.15, 0.2) is 18.5 Å². The summed E-state index contributed by atoms with van der Waals surface area (Å²) in [5.74, 6) is -0.432. The molecule has 0 aliphatic carbocycles. The van der Waals surface area contributed by atoms with E-state index in [2.05, 4.69) is 9.97 Å². The molecule has 1 rings (SSSR count). The summed E-state index contributed by atoms with van der Waals surface area (Å²) in [7, 11) is 3.87. The minimum Gasteiger partial charge on any atom is -0.480 e. The van der Waals surface area contributed by atoms with Gasteiger partial charge in [-0.05, 0) is 20.2 Å². The molecule has 0 unspecified atom stereocenters. The lowest BCUT2D eigenvalue weighted by atomic mass is 10.4. The van der Waals surface area contributed by atoms with Crippen LogP contribution in [0.25, 0.3) is 0 Å². The SMILES string of the molecule is CN(C)CCN(CC(=O)O)c1ncccn1. The second-order valence-corrected chi connectivity index (χ2v) is 3.67. The van der Waals surface area contributed by atoms with Crippen molar-refractivity contribution in [3.63, 3.8) is 0 Å². The van der Waals surface area contributed by atoms with Crippen LogP contribution in [-0.4, -0.2) is 59.7 Å². The molecule has 0 aliphatic rings. The third kappa shape index (κ3) is 4.22. The molecule has 16 heavy (non-hydrogen) atoms. The first-order valence-corrected chi connectivity index (χ1v) is 4.98. The normalized spacial score (nSPS) is 10.4. The van der Waals surface area contributed by atoms with Gasteiger partial charge in [-0.1, -0.05) is 0 Å². The van der Waals surface area contributed by atoms with Crippen LogP contribution in [0.4, 0.5) is 5.95 Å². The molecule has 1 N–H and O–H groups in total. The zero-order valence-corrected chi connectivity index (χ0v) is 9.50. The summed E-state index contributed by atoms with van der Waals surface area (Å²) >= 11 is 0. The third-order valence-electron chi connectivity index (χ3n) is 1.98. The minimum absolute atomic E-state index is 0.0855. The largest absolute Gasteiger partial charge is 0.480 e. The molecule has 0 aliphatic heterocycles. The Morgan fingerprint density at radius 3 is 2.44 bits per heavy atom. The summed E-state index contributed by atoms with van der Waals surface area (Å²) in [4.78, 5) is 22.4. The average Bonchev–Trinajstić information content (AvgIpc) is 2.25. The van der Waals surface area contributed by atoms with Crippen LogP contribution in [-0.2, 0) is 4.79 Å². The summed E-state index contributed by atoms with van der Waals surface area (Å²) in [5.41, 5.74) is 0. The van der Waals surface area contributed by atoms with E-state index in [1.807, 2.05) is 19.0 Å². The summed E-state index contributed by atoms with van der Waals surface area (Å²) < 4.78 is 0. The summed E-state index contributed by atoms with van der Waals surface area (Å²) in [6.45, 7) is 1.26. The van der Waals surface area contributed by atoms with E-state index in [4.69, 9.17) is 5.11 Å². The third-order valence-corrected chi connectivity index (χ3v) is 1.98. The van der Waals surface area contributed by atoms with Crippen molar-refractivity contribution >= 4 is 11.9 Å². The lowest BCUT2D eigenvalue weighted by Crippen LogP contribution is -2.36. The number of carbonyl (C=O) groups is 1. The average molecular weight is 224 g/mol. The van der Waals surface area contributed by atoms with Crippen LogP contribution in [0, 0.1) is 0 Å². The fourth-order valence-electron chi connectivity index (χ4n) is 1.19. The fourth-order valence-corrected chi connectivity index (χ4v) is 1.19. The number of hydrogen-bond donors (Lipinski definition) is 1. The lowest BCUT2D eigenvalue weighted by molar-refractivity contribution is -0.135. The van der Waals surface area contributed by atoms with Gasteiger partial charge in [0.2, 0.25) is 5.95 Å². The van der Waals surface area contributed by atoms with E-state index in [1.54, 1.807) is 23.4 Å². The van der Waals surface area contributed by atoms with Gasteiger partial charge in [-0.15, -0.1) is 0 Å². The van der Waals surface area contributed by atoms with Crippen LogP contribution in [0.5, 0.6) is 0 Å². The number of likely N-dealkylation sites (N-methyl/N-ethyl adjacent to an activating group) is 1. The Morgan fingerprint density at radius 1 is 1.31 bits per heavy atom. The monoisotopic (exact) mass is 224 g/mol. The quantitative estimate of drug-likeness (QED) is 0.729. The summed E-state index contributed by atoms with van der Waals surface area (Å²) in [5, 5.41) is 8.80. The van der Waals surface area contributed by atoms with Crippen LogP contribution >= 0.6 is 0 Å². The number of carboxylic acid groups (broad SMARTS) is 1. The molecule has 0 spiro atoms. The van der Waals surface area contributed by atoms with Gasteiger partial charge in [0.25, 0.3) is 0 Å². The Morgan fingerprint density at radius 2 is 1.94 bits per heavy atom. The van der Waals surface area contributed by atoms with Crippen molar-refractivity contribution in [1.29, 1.82) is 0 Å². The molecule has 1 heterocycles. The molecule has 1 aromatic rings. The van der Waals surface area contributed by atoms with Gasteiger partial charge in [0.15, 0.2) is 0 Å². The molecule has 0 bridgehead atoms. The van der Waals surface area contributed by atoms with Gasteiger partial charge in [-0.3, -0.25) is 4.79 Å². The Hall–Kier alpha value is -1.69. The van der Waals surface area contributed by atoms with E-state index in [1.165, 1.54) is 0 Å². The number of rotatable bonds is 6. The highest BCUT2D eigenvalue weighted by molar-refractivity contribution is 5.72. The Kier molecular flexibility index (Phi) is 4.65. The van der Waals surface area contributed by atoms with E-state index < -0.39 is 5.97 Å². The molecule has 0 amide bonds. The molecule has 6 heteroatoms. The molecule has 0 saturated heterocycles. The number of nitrogens with zero attached hydrogens (tertiary/aromatic N) is 4. The van der Waals surface area contributed by atoms with Crippen molar-refractivity contribution < 1.29 is 9.90 Å². The smallest absolute Gasteiger partial charge is 0.323 e. The highest BCUT2D eigenvalue weighted by atomic mass is 16.4. The van der Waals surface area contributed by atoms with E-state index >= 15 is 0 Å². The molecular weight excluding hydrogens is 208 g/mol. The number of carboxylic acids is 1. The molecule has 6 nitrogen and oxygen atoms in total. The van der Waals surface area contributed by atoms with Crippen molar-refractivity contribution in [2.75, 3.05) is 38.6 Å². The maximum atomic E-state index is 10.7. The molecule has 88 valence electrons. The molecule has 1 aromatic heterocycles. The van der Waals surface area contributed by atoms with Gasteiger partial charge in [-0.25, -0.2) is 9.97 Å². The van der Waals surface area contributed by atoms with Crippen LogP contribution in [0.3, 0.4) is 0 Å². The first-order valence-electron chi connectivity index (χ1n) is 4.98. The zero-order valence-electron chi connectivity index (χ0n) is 9.50. The van der Waals surface area contributed by atoms with E-state index in [9.17, 15) is 4.79 Å². The number of aromatic nitrogens is 2. The molecule has 0 radical (unpaired) electrons. The van der Waals surface area contributed by atoms with E-state index in [0.717, 1.165) is 6.54 Å². The molecule has 0 fully saturated rings. The first-order chi connectivity index (χ1) is 7.59. The number of anilines is 1. The Bertz CT molecular complexity index is 329. The van der Waals surface area contributed by atoms with Crippen molar-refractivity contribution in [3.8, 4) is 0 Å². The molecular formula is C10H16N4O2. The summed E-state index contributed by atoms with van der Waals surface area (Å²) in [6.07, 6.45) is 3.21. The van der Waals surface area contributed by atoms with Gasteiger partial charge in [0.05, 0.1) is 0 Å². The van der Waals surface area contributed by atoms with Crippen molar-refractivity contribution in [1.82, 2.24) is 14.9 Å². The van der Waals surface area contributed by atoms with Crippen LogP contribution < -0.4 is 4.90 Å². The lowest BCUT2D eigenvalue weighted by Gasteiger charge is -2.22.